The van der Waals surface area contributed by atoms with E-state index >= 15 is 0 Å². The van der Waals surface area contributed by atoms with E-state index in [-0.39, 0.29) is 5.82 Å². The average molecular weight is 389 g/mol. The predicted octanol–water partition coefficient (Wildman–Crippen LogP) is 2.62. The Kier molecular flexibility index (Phi) is 3.91. The lowest BCUT2D eigenvalue weighted by Gasteiger charge is -2.35. The van der Waals surface area contributed by atoms with Gasteiger partial charge in [-0.2, -0.15) is 10.4 Å². The second kappa shape index (κ2) is 6.60. The van der Waals surface area contributed by atoms with E-state index in [1.807, 2.05) is 4.90 Å². The number of nitrogens with zero attached hydrogens (tertiary/aromatic N) is 6. The van der Waals surface area contributed by atoms with Crippen LogP contribution in [0.15, 0.2) is 43.0 Å². The first kappa shape index (κ1) is 17.2. The van der Waals surface area contributed by atoms with E-state index in [1.165, 1.54) is 17.7 Å². The summed E-state index contributed by atoms with van der Waals surface area (Å²) in [5, 5.41) is 14.3. The smallest absolute Gasteiger partial charge is 0.151 e. The molecule has 0 spiro atoms. The normalized spacial score (nSPS) is 15.9. The highest BCUT2D eigenvalue weighted by Gasteiger charge is 2.35. The van der Waals surface area contributed by atoms with Gasteiger partial charge in [0.25, 0.3) is 0 Å². The monoisotopic (exact) mass is 389 g/mol. The molecule has 9 heteroatoms. The van der Waals surface area contributed by atoms with Gasteiger partial charge in [0.05, 0.1) is 24.8 Å². The quantitative estimate of drug-likeness (QED) is 0.579. The summed E-state index contributed by atoms with van der Waals surface area (Å²) in [5.74, 6) is 0.584. The van der Waals surface area contributed by atoms with Crippen molar-refractivity contribution in [2.45, 2.75) is 12.5 Å². The lowest BCUT2D eigenvalue weighted by atomic mass is 9.99. The van der Waals surface area contributed by atoms with Crippen molar-refractivity contribution in [1.82, 2.24) is 24.6 Å². The molecular weight excluding hydrogens is 373 g/mol. The summed E-state index contributed by atoms with van der Waals surface area (Å²) in [5.41, 5.74) is 3.12. The summed E-state index contributed by atoms with van der Waals surface area (Å²) in [6, 6.07) is 8.15. The minimum atomic E-state index is -0.420. The van der Waals surface area contributed by atoms with Gasteiger partial charge >= 0.3 is 0 Å². The molecule has 5 heterocycles. The van der Waals surface area contributed by atoms with Gasteiger partial charge in [-0.25, -0.2) is 18.9 Å². The van der Waals surface area contributed by atoms with Gasteiger partial charge in [-0.05, 0) is 24.3 Å². The van der Waals surface area contributed by atoms with Crippen LogP contribution < -0.4 is 9.64 Å². The van der Waals surface area contributed by atoms with E-state index in [1.54, 1.807) is 36.9 Å². The third-order valence-electron chi connectivity index (χ3n) is 5.17. The van der Waals surface area contributed by atoms with Gasteiger partial charge in [0.2, 0.25) is 0 Å². The summed E-state index contributed by atoms with van der Waals surface area (Å²) < 4.78 is 21.1. The molecule has 4 aromatic rings. The Morgan fingerprint density at radius 3 is 3.03 bits per heavy atom. The van der Waals surface area contributed by atoms with Crippen LogP contribution in [-0.4, -0.2) is 38.2 Å². The number of halogens is 1. The van der Waals surface area contributed by atoms with Gasteiger partial charge in [-0.3, -0.25) is 0 Å². The fourth-order valence-electron chi connectivity index (χ4n) is 3.86. The largest absolute Gasteiger partial charge is 0.495 e. The van der Waals surface area contributed by atoms with Crippen molar-refractivity contribution in [2.75, 3.05) is 18.6 Å². The molecule has 4 aromatic heterocycles. The molecule has 0 unspecified atom stereocenters. The maximum Gasteiger partial charge on any atom is 0.151 e. The van der Waals surface area contributed by atoms with E-state index in [9.17, 15) is 9.65 Å². The lowest BCUT2D eigenvalue weighted by molar-refractivity contribution is 0.412. The second-order valence-electron chi connectivity index (χ2n) is 6.69. The molecule has 144 valence electrons. The first-order valence-corrected chi connectivity index (χ1v) is 9.07. The highest BCUT2D eigenvalue weighted by molar-refractivity contribution is 5.63. The Hall–Kier alpha value is -3.93. The molecule has 0 fully saturated rings. The number of nitrogens with one attached hydrogen (secondary N) is 1. The number of hydrogen-bond donors (Lipinski definition) is 1. The molecule has 1 N–H and O–H groups in total. The number of rotatable bonds is 3. The van der Waals surface area contributed by atoms with Crippen molar-refractivity contribution in [2.24, 2.45) is 0 Å². The number of H-pyrrole nitrogens is 1. The number of aromatic amines is 1. The highest BCUT2D eigenvalue weighted by Crippen LogP contribution is 2.38. The van der Waals surface area contributed by atoms with Crippen LogP contribution in [0.5, 0.6) is 5.75 Å². The number of imidazole rings is 1. The zero-order chi connectivity index (χ0) is 20.0. The molecule has 0 aromatic carbocycles. The number of hydrogen-bond acceptors (Lipinski definition) is 6. The molecule has 1 aliphatic heterocycles. The first-order chi connectivity index (χ1) is 14.2. The van der Waals surface area contributed by atoms with Crippen molar-refractivity contribution >= 4 is 11.3 Å². The van der Waals surface area contributed by atoms with Gasteiger partial charge in [0, 0.05) is 31.1 Å². The highest BCUT2D eigenvalue weighted by atomic mass is 19.1. The number of nitriles is 1. The van der Waals surface area contributed by atoms with Gasteiger partial charge in [0.1, 0.15) is 34.8 Å². The van der Waals surface area contributed by atoms with E-state index in [4.69, 9.17) is 4.74 Å². The lowest BCUT2D eigenvalue weighted by Crippen LogP contribution is -2.37. The van der Waals surface area contributed by atoms with Crippen molar-refractivity contribution in [3.8, 4) is 11.8 Å². The van der Waals surface area contributed by atoms with Gasteiger partial charge in [-0.15, -0.1) is 0 Å². The maximum absolute atomic E-state index is 14.3. The minimum absolute atomic E-state index is 0.342. The summed E-state index contributed by atoms with van der Waals surface area (Å²) in [7, 11) is 1.52. The third kappa shape index (κ3) is 2.61. The van der Waals surface area contributed by atoms with E-state index in [0.29, 0.717) is 41.3 Å². The zero-order valence-electron chi connectivity index (χ0n) is 15.5. The Bertz CT molecular complexity index is 1260. The maximum atomic E-state index is 14.3. The van der Waals surface area contributed by atoms with Crippen LogP contribution in [0.3, 0.4) is 0 Å². The molecule has 8 nitrogen and oxygen atoms in total. The van der Waals surface area contributed by atoms with Gasteiger partial charge in [0.15, 0.2) is 5.82 Å². The minimum Gasteiger partial charge on any atom is -0.495 e. The van der Waals surface area contributed by atoms with Crippen LogP contribution in [0, 0.1) is 17.1 Å². The molecule has 5 rings (SSSR count). The van der Waals surface area contributed by atoms with Crippen LogP contribution >= 0.6 is 0 Å². The summed E-state index contributed by atoms with van der Waals surface area (Å²) in [6.45, 7) is 0.588. The van der Waals surface area contributed by atoms with Crippen LogP contribution in [0.4, 0.5) is 10.2 Å². The molecule has 0 saturated heterocycles. The second-order valence-corrected chi connectivity index (χ2v) is 6.69. The fourth-order valence-corrected chi connectivity index (χ4v) is 3.86. The Labute approximate surface area is 165 Å². The fraction of sp³-hybridized carbons (Fsp3) is 0.200. The predicted molar refractivity (Wildman–Crippen MR) is 102 cm³/mol. The molecule has 0 radical (unpaired) electrons. The molecule has 29 heavy (non-hydrogen) atoms. The van der Waals surface area contributed by atoms with Crippen molar-refractivity contribution in [3.63, 3.8) is 0 Å². The zero-order valence-corrected chi connectivity index (χ0v) is 15.5. The van der Waals surface area contributed by atoms with Crippen LogP contribution in [0.2, 0.25) is 0 Å². The van der Waals surface area contributed by atoms with Gasteiger partial charge < -0.3 is 14.6 Å². The number of anilines is 1. The Morgan fingerprint density at radius 2 is 2.24 bits per heavy atom. The molecule has 1 aliphatic rings. The summed E-state index contributed by atoms with van der Waals surface area (Å²) in [4.78, 5) is 14.1. The number of aromatic nitrogens is 5. The SMILES string of the molecule is COc1ccnc(N2CCc3[nH]cnc3[C@H]2c2cc3c(F)cccn3n2)c1C#N. The summed E-state index contributed by atoms with van der Waals surface area (Å²) in [6.07, 6.45) is 5.65. The van der Waals surface area contributed by atoms with Crippen molar-refractivity contribution in [3.05, 3.63) is 71.4 Å². The Balaban J connectivity index is 1.72. The third-order valence-corrected chi connectivity index (χ3v) is 5.17. The van der Waals surface area contributed by atoms with Crippen LogP contribution in [0.1, 0.15) is 28.7 Å². The first-order valence-electron chi connectivity index (χ1n) is 9.07. The number of fused-ring (bicyclic) bond motifs is 2. The molecule has 0 aliphatic carbocycles. The van der Waals surface area contributed by atoms with Crippen LogP contribution in [0.25, 0.3) is 5.52 Å². The molecular formula is C20H16FN7O. The van der Waals surface area contributed by atoms with Crippen molar-refractivity contribution < 1.29 is 9.13 Å². The molecule has 1 atom stereocenters. The standard InChI is InChI=1S/C20H16FN7O/c1-29-17-4-6-23-20(12(17)10-22)27-8-5-14-18(25-11-24-14)19(27)15-9-16-13(21)3-2-7-28(16)26-15/h2-4,6-7,9,11,19H,5,8H2,1H3,(H,24,25)/t19-/m1/s1. The number of ether oxygens (including phenoxy) is 1. The Morgan fingerprint density at radius 1 is 1.34 bits per heavy atom. The van der Waals surface area contributed by atoms with Crippen LogP contribution in [-0.2, 0) is 6.42 Å². The van der Waals surface area contributed by atoms with E-state index in [2.05, 4.69) is 26.1 Å². The van der Waals surface area contributed by atoms with E-state index < -0.39 is 6.04 Å². The average Bonchev–Trinajstić information content (AvgIpc) is 3.39. The molecule has 0 saturated carbocycles. The van der Waals surface area contributed by atoms with Gasteiger partial charge in [-0.1, -0.05) is 0 Å². The number of pyridine rings is 2. The topological polar surface area (TPSA) is 95.1 Å². The molecule has 0 amide bonds. The van der Waals surface area contributed by atoms with Crippen molar-refractivity contribution in [1.29, 1.82) is 5.26 Å². The van der Waals surface area contributed by atoms with E-state index in [0.717, 1.165) is 11.4 Å². The molecule has 0 bridgehead atoms. The number of methoxy groups -OCH3 is 1. The summed E-state index contributed by atoms with van der Waals surface area (Å²) >= 11 is 0.